The van der Waals surface area contributed by atoms with Gasteiger partial charge in [0.05, 0.1) is 5.69 Å². The fourth-order valence-corrected chi connectivity index (χ4v) is 2.61. The van der Waals surface area contributed by atoms with E-state index in [1.165, 1.54) is 38.5 Å². The summed E-state index contributed by atoms with van der Waals surface area (Å²) in [5.74, 6) is 1.74. The summed E-state index contributed by atoms with van der Waals surface area (Å²) < 4.78 is 0. The Morgan fingerprint density at radius 3 is 2.82 bits per heavy atom. The van der Waals surface area contributed by atoms with Crippen LogP contribution in [0.2, 0.25) is 0 Å². The Morgan fingerprint density at radius 2 is 2.12 bits per heavy atom. The smallest absolute Gasteiger partial charge is 0.149 e. The third kappa shape index (κ3) is 3.62. The maximum Gasteiger partial charge on any atom is 0.149 e. The zero-order chi connectivity index (χ0) is 12.1. The summed E-state index contributed by atoms with van der Waals surface area (Å²) in [5, 5.41) is 3.35. The largest absolute Gasteiger partial charge is 0.396 e. The van der Waals surface area contributed by atoms with E-state index in [-0.39, 0.29) is 0 Å². The number of nitrogens with two attached hydrogens (primary N) is 1. The number of hydrogen-bond donors (Lipinski definition) is 2. The molecule has 3 nitrogen and oxygen atoms in total. The molecule has 1 aliphatic rings. The maximum absolute atomic E-state index is 5.92. The molecular formula is C14H23N3. The monoisotopic (exact) mass is 233 g/mol. The van der Waals surface area contributed by atoms with Gasteiger partial charge in [0, 0.05) is 12.7 Å². The lowest BCUT2D eigenvalue weighted by atomic mass is 9.87. The van der Waals surface area contributed by atoms with Crippen LogP contribution in [0.25, 0.3) is 0 Å². The number of rotatable bonds is 4. The van der Waals surface area contributed by atoms with E-state index in [9.17, 15) is 0 Å². The number of hydrogen-bond acceptors (Lipinski definition) is 3. The molecule has 0 spiro atoms. The molecule has 0 aromatic carbocycles. The van der Waals surface area contributed by atoms with Gasteiger partial charge in [-0.2, -0.15) is 0 Å². The van der Waals surface area contributed by atoms with Crippen LogP contribution in [0.1, 0.15) is 44.1 Å². The van der Waals surface area contributed by atoms with E-state index in [1.807, 2.05) is 19.2 Å². The SMILES string of the molecule is Cc1cnc(NCCC2CCCCC2)c(N)c1. The first-order chi connectivity index (χ1) is 8.25. The average molecular weight is 233 g/mol. The Labute approximate surface area is 104 Å². The molecule has 0 aliphatic heterocycles. The predicted molar refractivity (Wildman–Crippen MR) is 73.1 cm³/mol. The highest BCUT2D eigenvalue weighted by molar-refractivity contribution is 5.61. The van der Waals surface area contributed by atoms with Gasteiger partial charge in [-0.15, -0.1) is 0 Å². The molecule has 0 amide bonds. The first-order valence-corrected chi connectivity index (χ1v) is 6.71. The van der Waals surface area contributed by atoms with Crippen molar-refractivity contribution in [3.05, 3.63) is 17.8 Å². The van der Waals surface area contributed by atoms with Gasteiger partial charge in [0.15, 0.2) is 0 Å². The van der Waals surface area contributed by atoms with Gasteiger partial charge in [0.25, 0.3) is 0 Å². The Morgan fingerprint density at radius 1 is 1.35 bits per heavy atom. The average Bonchev–Trinajstić information content (AvgIpc) is 2.33. The highest BCUT2D eigenvalue weighted by Crippen LogP contribution is 2.26. The van der Waals surface area contributed by atoms with Gasteiger partial charge < -0.3 is 11.1 Å². The highest BCUT2D eigenvalue weighted by atomic mass is 15.0. The van der Waals surface area contributed by atoms with E-state index in [1.54, 1.807) is 0 Å². The Bertz CT molecular complexity index is 356. The van der Waals surface area contributed by atoms with Crippen LogP contribution < -0.4 is 11.1 Å². The van der Waals surface area contributed by atoms with Crippen LogP contribution in [0.3, 0.4) is 0 Å². The second-order valence-electron chi connectivity index (χ2n) is 5.17. The number of aromatic nitrogens is 1. The van der Waals surface area contributed by atoms with Gasteiger partial charge in [-0.1, -0.05) is 32.1 Å². The molecule has 0 atom stereocenters. The van der Waals surface area contributed by atoms with Gasteiger partial charge in [0.1, 0.15) is 5.82 Å². The molecule has 2 rings (SSSR count). The van der Waals surface area contributed by atoms with Crippen molar-refractivity contribution in [3.63, 3.8) is 0 Å². The minimum atomic E-state index is 0.758. The van der Waals surface area contributed by atoms with Crippen LogP contribution in [-0.2, 0) is 0 Å². The van der Waals surface area contributed by atoms with Crippen molar-refractivity contribution in [2.75, 3.05) is 17.6 Å². The Hall–Kier alpha value is -1.25. The molecule has 94 valence electrons. The molecule has 17 heavy (non-hydrogen) atoms. The maximum atomic E-state index is 5.92. The fourth-order valence-electron chi connectivity index (χ4n) is 2.61. The molecule has 0 saturated heterocycles. The van der Waals surface area contributed by atoms with Crippen LogP contribution in [0.15, 0.2) is 12.3 Å². The Balaban J connectivity index is 1.77. The molecule has 0 radical (unpaired) electrons. The van der Waals surface area contributed by atoms with Crippen LogP contribution in [0.5, 0.6) is 0 Å². The molecule has 1 aliphatic carbocycles. The topological polar surface area (TPSA) is 50.9 Å². The van der Waals surface area contributed by atoms with Crippen LogP contribution in [0, 0.1) is 12.8 Å². The van der Waals surface area contributed by atoms with E-state index in [4.69, 9.17) is 5.73 Å². The normalized spacial score (nSPS) is 17.0. The lowest BCUT2D eigenvalue weighted by Gasteiger charge is -2.21. The van der Waals surface area contributed by atoms with E-state index in [0.29, 0.717) is 0 Å². The van der Waals surface area contributed by atoms with Crippen molar-refractivity contribution in [2.45, 2.75) is 45.4 Å². The molecule has 1 aromatic heterocycles. The van der Waals surface area contributed by atoms with Gasteiger partial charge in [-0.25, -0.2) is 4.98 Å². The molecule has 0 bridgehead atoms. The third-order valence-corrected chi connectivity index (χ3v) is 3.62. The number of nitrogens with one attached hydrogen (secondary N) is 1. The zero-order valence-corrected chi connectivity index (χ0v) is 10.7. The van der Waals surface area contributed by atoms with Crippen molar-refractivity contribution in [3.8, 4) is 0 Å². The fraction of sp³-hybridized carbons (Fsp3) is 0.643. The zero-order valence-electron chi connectivity index (χ0n) is 10.7. The minimum Gasteiger partial charge on any atom is -0.396 e. The van der Waals surface area contributed by atoms with E-state index in [2.05, 4.69) is 10.3 Å². The molecule has 3 N–H and O–H groups in total. The van der Waals surface area contributed by atoms with Crippen LogP contribution in [0.4, 0.5) is 11.5 Å². The van der Waals surface area contributed by atoms with Crippen LogP contribution in [-0.4, -0.2) is 11.5 Å². The minimum absolute atomic E-state index is 0.758. The van der Waals surface area contributed by atoms with E-state index in [0.717, 1.165) is 29.5 Å². The second-order valence-corrected chi connectivity index (χ2v) is 5.17. The first kappa shape index (κ1) is 12.2. The van der Waals surface area contributed by atoms with Gasteiger partial charge in [-0.3, -0.25) is 0 Å². The van der Waals surface area contributed by atoms with Crippen molar-refractivity contribution >= 4 is 11.5 Å². The molecule has 1 heterocycles. The summed E-state index contributed by atoms with van der Waals surface area (Å²) >= 11 is 0. The molecule has 1 aromatic rings. The molecule has 1 saturated carbocycles. The quantitative estimate of drug-likeness (QED) is 0.838. The number of nitrogens with zero attached hydrogens (tertiary/aromatic N) is 1. The number of nitrogen functional groups attached to an aromatic ring is 1. The van der Waals surface area contributed by atoms with Crippen molar-refractivity contribution < 1.29 is 0 Å². The molecule has 1 fully saturated rings. The lowest BCUT2D eigenvalue weighted by molar-refractivity contribution is 0.345. The van der Waals surface area contributed by atoms with Crippen molar-refractivity contribution in [1.82, 2.24) is 4.98 Å². The third-order valence-electron chi connectivity index (χ3n) is 3.62. The summed E-state index contributed by atoms with van der Waals surface area (Å²) in [6.07, 6.45) is 10.2. The summed E-state index contributed by atoms with van der Waals surface area (Å²) in [4.78, 5) is 4.32. The van der Waals surface area contributed by atoms with Crippen LogP contribution >= 0.6 is 0 Å². The van der Waals surface area contributed by atoms with Crippen molar-refractivity contribution in [2.24, 2.45) is 5.92 Å². The number of aryl methyl sites for hydroxylation is 1. The summed E-state index contributed by atoms with van der Waals surface area (Å²) in [7, 11) is 0. The lowest BCUT2D eigenvalue weighted by Crippen LogP contribution is -2.13. The number of anilines is 2. The van der Waals surface area contributed by atoms with Gasteiger partial charge in [-0.05, 0) is 30.9 Å². The predicted octanol–water partition coefficient (Wildman–Crippen LogP) is 3.35. The Kier molecular flexibility index (Phi) is 4.24. The second kappa shape index (κ2) is 5.89. The summed E-state index contributed by atoms with van der Waals surface area (Å²) in [6, 6.07) is 1.97. The molecule has 0 unspecified atom stereocenters. The highest BCUT2D eigenvalue weighted by Gasteiger charge is 2.12. The number of pyridine rings is 1. The molecule has 3 heteroatoms. The van der Waals surface area contributed by atoms with E-state index >= 15 is 0 Å². The standard InChI is InChI=1S/C14H23N3/c1-11-9-13(15)14(17-10-11)16-8-7-12-5-3-2-4-6-12/h9-10,12H,2-8,15H2,1H3,(H,16,17). The summed E-state index contributed by atoms with van der Waals surface area (Å²) in [5.41, 5.74) is 7.79. The molecular weight excluding hydrogens is 210 g/mol. The summed E-state index contributed by atoms with van der Waals surface area (Å²) in [6.45, 7) is 3.00. The first-order valence-electron chi connectivity index (χ1n) is 6.71. The van der Waals surface area contributed by atoms with Gasteiger partial charge in [0.2, 0.25) is 0 Å². The van der Waals surface area contributed by atoms with Gasteiger partial charge >= 0.3 is 0 Å². The van der Waals surface area contributed by atoms with Crippen molar-refractivity contribution in [1.29, 1.82) is 0 Å². The van der Waals surface area contributed by atoms with E-state index < -0.39 is 0 Å².